The molecule has 0 unspecified atom stereocenters. The molecule has 2 aliphatic rings. The number of rotatable bonds is 2. The smallest absolute Gasteiger partial charge is 0.276 e. The Balaban J connectivity index is 1.48. The summed E-state index contributed by atoms with van der Waals surface area (Å²) in [4.78, 5) is 28.1. The van der Waals surface area contributed by atoms with Gasteiger partial charge in [0.05, 0.1) is 24.3 Å². The molecule has 2 aliphatic heterocycles. The zero-order valence-electron chi connectivity index (χ0n) is 15.5. The molecule has 1 saturated heterocycles. The molecule has 1 atom stereocenters. The second kappa shape index (κ2) is 6.49. The van der Waals surface area contributed by atoms with E-state index in [2.05, 4.69) is 15.1 Å². The molecule has 0 aliphatic carbocycles. The number of amides is 1. The molecule has 5 rings (SSSR count). The molecule has 3 aromatic heterocycles. The van der Waals surface area contributed by atoms with Crippen molar-refractivity contribution in [3.05, 3.63) is 59.5 Å². The summed E-state index contributed by atoms with van der Waals surface area (Å²) in [6, 6.07) is 5.48. The first-order chi connectivity index (χ1) is 13.6. The number of aromatic nitrogens is 4. The number of nitrogens with zero attached hydrogens (tertiary/aromatic N) is 5. The lowest BCUT2D eigenvalue weighted by Gasteiger charge is -2.34. The number of likely N-dealkylation sites (tertiary alicyclic amines) is 1. The van der Waals surface area contributed by atoms with Gasteiger partial charge in [0, 0.05) is 48.9 Å². The second-order valence-corrected chi connectivity index (χ2v) is 7.38. The molecule has 0 aromatic carbocycles. The zero-order chi connectivity index (χ0) is 19.1. The number of carbonyl (C=O) groups excluding carboxylic acids is 1. The summed E-state index contributed by atoms with van der Waals surface area (Å²) in [7, 11) is 0. The quantitative estimate of drug-likeness (QED) is 0.675. The summed E-state index contributed by atoms with van der Waals surface area (Å²) in [5, 5.41) is 3.86. The maximum Gasteiger partial charge on any atom is 0.276 e. The minimum absolute atomic E-state index is 0.123. The van der Waals surface area contributed by atoms with Crippen LogP contribution in [0.2, 0.25) is 0 Å². The van der Waals surface area contributed by atoms with Gasteiger partial charge in [-0.25, -0.2) is 9.97 Å². The van der Waals surface area contributed by atoms with Crippen LogP contribution in [0.4, 0.5) is 0 Å². The fourth-order valence-corrected chi connectivity index (χ4v) is 4.02. The molecule has 8 heteroatoms. The Bertz CT molecular complexity index is 1040. The van der Waals surface area contributed by atoms with E-state index in [0.717, 1.165) is 23.2 Å². The lowest BCUT2D eigenvalue weighted by Crippen LogP contribution is -2.41. The summed E-state index contributed by atoms with van der Waals surface area (Å²) in [6.45, 7) is 3.96. The predicted octanol–water partition coefficient (Wildman–Crippen LogP) is 2.15. The van der Waals surface area contributed by atoms with Gasteiger partial charge in [-0.3, -0.25) is 9.78 Å². The van der Waals surface area contributed by atoms with Crippen molar-refractivity contribution >= 4 is 5.91 Å². The van der Waals surface area contributed by atoms with Crippen LogP contribution < -0.4 is 0 Å². The first kappa shape index (κ1) is 17.0. The number of carbonyl (C=O) groups is 1. The van der Waals surface area contributed by atoms with Crippen LogP contribution in [0.25, 0.3) is 11.4 Å². The summed E-state index contributed by atoms with van der Waals surface area (Å²) in [5.74, 6) is 1.14. The first-order valence-electron chi connectivity index (χ1n) is 9.22. The molecule has 3 aromatic rings. The SMILES string of the molecule is Cc1cc(C(=O)N2CC[C@]3(COCc4cnc(-c5cccnc5)nc43)C2)no1. The highest BCUT2D eigenvalue weighted by atomic mass is 16.5. The van der Waals surface area contributed by atoms with Crippen LogP contribution in [0.5, 0.6) is 0 Å². The van der Waals surface area contributed by atoms with Crippen molar-refractivity contribution in [1.82, 2.24) is 25.0 Å². The van der Waals surface area contributed by atoms with E-state index in [9.17, 15) is 4.79 Å². The van der Waals surface area contributed by atoms with E-state index in [-0.39, 0.29) is 11.3 Å². The van der Waals surface area contributed by atoms with Crippen molar-refractivity contribution in [3.8, 4) is 11.4 Å². The monoisotopic (exact) mass is 377 g/mol. The van der Waals surface area contributed by atoms with Crippen LogP contribution in [0, 0.1) is 6.92 Å². The zero-order valence-corrected chi connectivity index (χ0v) is 15.5. The van der Waals surface area contributed by atoms with Gasteiger partial charge in [-0.05, 0) is 25.5 Å². The Kier molecular flexibility index (Phi) is 3.94. The maximum atomic E-state index is 12.8. The van der Waals surface area contributed by atoms with Crippen molar-refractivity contribution in [1.29, 1.82) is 0 Å². The van der Waals surface area contributed by atoms with E-state index < -0.39 is 0 Å². The maximum absolute atomic E-state index is 12.8. The molecule has 142 valence electrons. The van der Waals surface area contributed by atoms with Gasteiger partial charge >= 0.3 is 0 Å². The molecule has 5 heterocycles. The van der Waals surface area contributed by atoms with Crippen molar-refractivity contribution in [3.63, 3.8) is 0 Å². The van der Waals surface area contributed by atoms with Gasteiger partial charge in [0.15, 0.2) is 11.5 Å². The number of aryl methyl sites for hydroxylation is 1. The van der Waals surface area contributed by atoms with Crippen molar-refractivity contribution < 1.29 is 14.1 Å². The topological polar surface area (TPSA) is 94.2 Å². The third kappa shape index (κ3) is 2.77. The Morgan fingerprint density at radius 3 is 3.04 bits per heavy atom. The average molecular weight is 377 g/mol. The van der Waals surface area contributed by atoms with Gasteiger partial charge in [-0.2, -0.15) is 0 Å². The fourth-order valence-electron chi connectivity index (χ4n) is 4.02. The fraction of sp³-hybridized carbons (Fsp3) is 0.350. The average Bonchev–Trinajstić information content (AvgIpc) is 3.36. The summed E-state index contributed by atoms with van der Waals surface area (Å²) in [6.07, 6.45) is 6.09. The lowest BCUT2D eigenvalue weighted by molar-refractivity contribution is 0.0483. The van der Waals surface area contributed by atoms with Crippen molar-refractivity contribution in [2.75, 3.05) is 19.7 Å². The van der Waals surface area contributed by atoms with Crippen LogP contribution in [-0.4, -0.2) is 50.6 Å². The highest BCUT2D eigenvalue weighted by molar-refractivity contribution is 5.92. The molecule has 1 spiro atoms. The van der Waals surface area contributed by atoms with Crippen molar-refractivity contribution in [2.24, 2.45) is 0 Å². The normalized spacial score (nSPS) is 21.1. The molecule has 0 N–H and O–H groups in total. The van der Waals surface area contributed by atoms with E-state index in [0.29, 0.717) is 43.6 Å². The van der Waals surface area contributed by atoms with E-state index in [4.69, 9.17) is 14.2 Å². The molecule has 8 nitrogen and oxygen atoms in total. The van der Waals surface area contributed by atoms with Gasteiger partial charge in [0.2, 0.25) is 0 Å². The summed E-state index contributed by atoms with van der Waals surface area (Å²) in [5.41, 5.74) is 2.83. The summed E-state index contributed by atoms with van der Waals surface area (Å²) < 4.78 is 10.9. The van der Waals surface area contributed by atoms with Crippen LogP contribution in [-0.2, 0) is 16.8 Å². The Labute approximate surface area is 161 Å². The number of pyridine rings is 1. The number of fused-ring (bicyclic) bond motifs is 2. The van der Waals surface area contributed by atoms with E-state index in [1.807, 2.05) is 23.2 Å². The first-order valence-corrected chi connectivity index (χ1v) is 9.22. The van der Waals surface area contributed by atoms with Gasteiger partial charge in [-0.15, -0.1) is 0 Å². The number of hydrogen-bond acceptors (Lipinski definition) is 7. The molecule has 0 saturated carbocycles. The molecular formula is C20H19N5O3. The van der Waals surface area contributed by atoms with Crippen LogP contribution >= 0.6 is 0 Å². The Hall–Kier alpha value is -3.13. The molecule has 28 heavy (non-hydrogen) atoms. The Morgan fingerprint density at radius 1 is 1.32 bits per heavy atom. The van der Waals surface area contributed by atoms with Gasteiger partial charge in [0.1, 0.15) is 5.76 Å². The van der Waals surface area contributed by atoms with E-state index >= 15 is 0 Å². The number of hydrogen-bond donors (Lipinski definition) is 0. The minimum atomic E-state index is -0.331. The van der Waals surface area contributed by atoms with Crippen LogP contribution in [0.15, 0.2) is 41.3 Å². The Morgan fingerprint density at radius 2 is 2.25 bits per heavy atom. The minimum Gasteiger partial charge on any atom is -0.376 e. The second-order valence-electron chi connectivity index (χ2n) is 7.38. The van der Waals surface area contributed by atoms with Crippen LogP contribution in [0.3, 0.4) is 0 Å². The van der Waals surface area contributed by atoms with Crippen molar-refractivity contribution in [2.45, 2.75) is 25.4 Å². The van der Waals surface area contributed by atoms with E-state index in [1.165, 1.54) is 0 Å². The standard InChI is InChI=1S/C20H19N5O3/c1-13-7-16(24-28-13)19(26)25-6-4-20(11-25)12-27-10-15-9-22-18(23-17(15)20)14-3-2-5-21-8-14/h2-3,5,7-9H,4,6,10-12H2,1H3/t20-/m1/s1. The van der Waals surface area contributed by atoms with Gasteiger partial charge < -0.3 is 14.2 Å². The third-order valence-corrected chi connectivity index (χ3v) is 5.41. The molecule has 1 amide bonds. The molecular weight excluding hydrogens is 358 g/mol. The third-order valence-electron chi connectivity index (χ3n) is 5.41. The summed E-state index contributed by atoms with van der Waals surface area (Å²) >= 11 is 0. The highest BCUT2D eigenvalue weighted by Gasteiger charge is 2.46. The highest BCUT2D eigenvalue weighted by Crippen LogP contribution is 2.39. The predicted molar refractivity (Wildman–Crippen MR) is 98.4 cm³/mol. The molecule has 0 radical (unpaired) electrons. The number of ether oxygens (including phenoxy) is 1. The molecule has 1 fully saturated rings. The van der Waals surface area contributed by atoms with Gasteiger partial charge in [-0.1, -0.05) is 5.16 Å². The molecule has 0 bridgehead atoms. The lowest BCUT2D eigenvalue weighted by atomic mass is 9.80. The van der Waals surface area contributed by atoms with E-state index in [1.54, 1.807) is 25.4 Å². The van der Waals surface area contributed by atoms with Gasteiger partial charge in [0.25, 0.3) is 5.91 Å². The van der Waals surface area contributed by atoms with Crippen LogP contribution in [0.1, 0.15) is 33.9 Å². The largest absolute Gasteiger partial charge is 0.376 e.